The fraction of sp³-hybridized carbons (Fsp3) is 1.00. The summed E-state index contributed by atoms with van der Waals surface area (Å²) in [7, 11) is 4.47. The second kappa shape index (κ2) is 8.23. The van der Waals surface area contributed by atoms with Gasteiger partial charge in [-0.2, -0.15) is 0 Å². The zero-order chi connectivity index (χ0) is 13.5. The van der Waals surface area contributed by atoms with Crippen LogP contribution in [0.2, 0.25) is 0 Å². The molecule has 0 saturated carbocycles. The summed E-state index contributed by atoms with van der Waals surface area (Å²) in [5.41, 5.74) is 0. The van der Waals surface area contributed by atoms with Crippen molar-refractivity contribution < 1.29 is 0 Å². The standard InChI is InChI=1S/C16H33N3/c1-19(2)13-16(11-14-3-7-17-8-4-14)12-15-5-9-18-10-6-15/h14-18H,3-13H2,1-2H3. The van der Waals surface area contributed by atoms with Crippen LogP contribution in [0.4, 0.5) is 0 Å². The topological polar surface area (TPSA) is 27.3 Å². The first-order valence-corrected chi connectivity index (χ1v) is 8.30. The Kier molecular flexibility index (Phi) is 6.62. The van der Waals surface area contributed by atoms with Crippen molar-refractivity contribution in [2.75, 3.05) is 46.8 Å². The van der Waals surface area contributed by atoms with Crippen molar-refractivity contribution in [3.8, 4) is 0 Å². The highest BCUT2D eigenvalue weighted by atomic mass is 15.1. The van der Waals surface area contributed by atoms with E-state index < -0.39 is 0 Å². The summed E-state index contributed by atoms with van der Waals surface area (Å²) in [4.78, 5) is 2.40. The molecule has 2 aliphatic rings. The van der Waals surface area contributed by atoms with Crippen molar-refractivity contribution in [3.63, 3.8) is 0 Å². The summed E-state index contributed by atoms with van der Waals surface area (Å²) in [6, 6.07) is 0. The van der Waals surface area contributed by atoms with Gasteiger partial charge in [0.1, 0.15) is 0 Å². The molecule has 112 valence electrons. The highest BCUT2D eigenvalue weighted by molar-refractivity contribution is 4.78. The van der Waals surface area contributed by atoms with Gasteiger partial charge in [-0.3, -0.25) is 0 Å². The first kappa shape index (κ1) is 15.3. The average molecular weight is 267 g/mol. The zero-order valence-electron chi connectivity index (χ0n) is 13.0. The third-order valence-electron chi connectivity index (χ3n) is 4.87. The Morgan fingerprint density at radius 2 is 1.26 bits per heavy atom. The molecule has 0 spiro atoms. The van der Waals surface area contributed by atoms with Crippen molar-refractivity contribution in [1.82, 2.24) is 15.5 Å². The van der Waals surface area contributed by atoms with Crippen LogP contribution in [-0.2, 0) is 0 Å². The maximum Gasteiger partial charge on any atom is 0.000376 e. The second-order valence-electron chi connectivity index (χ2n) is 6.99. The van der Waals surface area contributed by atoms with Gasteiger partial charge in [0.05, 0.1) is 0 Å². The molecular formula is C16H33N3. The van der Waals surface area contributed by atoms with Gasteiger partial charge in [0.2, 0.25) is 0 Å². The molecule has 0 aromatic heterocycles. The van der Waals surface area contributed by atoms with Crippen LogP contribution in [0.15, 0.2) is 0 Å². The largest absolute Gasteiger partial charge is 0.317 e. The van der Waals surface area contributed by atoms with E-state index in [9.17, 15) is 0 Å². The van der Waals surface area contributed by atoms with Gasteiger partial charge >= 0.3 is 0 Å². The molecule has 0 aliphatic carbocycles. The lowest BCUT2D eigenvalue weighted by molar-refractivity contribution is 0.202. The first-order valence-electron chi connectivity index (χ1n) is 8.30. The summed E-state index contributed by atoms with van der Waals surface area (Å²) in [5, 5.41) is 6.98. The highest BCUT2D eigenvalue weighted by Gasteiger charge is 2.23. The van der Waals surface area contributed by atoms with Crippen molar-refractivity contribution >= 4 is 0 Å². The SMILES string of the molecule is CN(C)CC(CC1CCNCC1)CC1CCNCC1. The molecule has 0 aromatic carbocycles. The van der Waals surface area contributed by atoms with Gasteiger partial charge in [0.15, 0.2) is 0 Å². The summed E-state index contributed by atoms with van der Waals surface area (Å²) in [6.45, 7) is 6.26. The molecule has 0 aromatic rings. The van der Waals surface area contributed by atoms with E-state index in [2.05, 4.69) is 29.6 Å². The minimum atomic E-state index is 0.918. The van der Waals surface area contributed by atoms with E-state index in [0.717, 1.165) is 17.8 Å². The van der Waals surface area contributed by atoms with Gasteiger partial charge < -0.3 is 15.5 Å². The van der Waals surface area contributed by atoms with E-state index in [0.29, 0.717) is 0 Å². The summed E-state index contributed by atoms with van der Waals surface area (Å²) < 4.78 is 0. The Bertz CT molecular complexity index is 210. The predicted octanol–water partition coefficient (Wildman–Crippen LogP) is 1.94. The molecule has 2 rings (SSSR count). The van der Waals surface area contributed by atoms with Crippen LogP contribution in [-0.4, -0.2) is 51.7 Å². The van der Waals surface area contributed by atoms with Gasteiger partial charge in [0, 0.05) is 6.54 Å². The molecule has 3 heteroatoms. The van der Waals surface area contributed by atoms with Gasteiger partial charge in [-0.25, -0.2) is 0 Å². The number of nitrogens with zero attached hydrogens (tertiary/aromatic N) is 1. The Hall–Kier alpha value is -0.120. The maximum absolute atomic E-state index is 3.49. The minimum Gasteiger partial charge on any atom is -0.317 e. The molecular weight excluding hydrogens is 234 g/mol. The van der Waals surface area contributed by atoms with Crippen LogP contribution < -0.4 is 10.6 Å². The molecule has 0 atom stereocenters. The average Bonchev–Trinajstić information content (AvgIpc) is 2.40. The predicted molar refractivity (Wildman–Crippen MR) is 82.5 cm³/mol. The molecule has 2 fully saturated rings. The van der Waals surface area contributed by atoms with Gasteiger partial charge in [0.25, 0.3) is 0 Å². The Morgan fingerprint density at radius 1 is 0.842 bits per heavy atom. The third-order valence-corrected chi connectivity index (χ3v) is 4.87. The van der Waals surface area contributed by atoms with E-state index in [4.69, 9.17) is 0 Å². The van der Waals surface area contributed by atoms with E-state index in [1.54, 1.807) is 0 Å². The van der Waals surface area contributed by atoms with E-state index >= 15 is 0 Å². The quantitative estimate of drug-likeness (QED) is 0.770. The maximum atomic E-state index is 3.49. The summed E-state index contributed by atoms with van der Waals surface area (Å²) in [5.74, 6) is 2.88. The third kappa shape index (κ3) is 5.80. The lowest BCUT2D eigenvalue weighted by Crippen LogP contribution is -2.33. The smallest absolute Gasteiger partial charge is 0.000376 e. The van der Waals surface area contributed by atoms with Crippen LogP contribution >= 0.6 is 0 Å². The van der Waals surface area contributed by atoms with Crippen molar-refractivity contribution in [1.29, 1.82) is 0 Å². The molecule has 3 nitrogen and oxygen atoms in total. The molecule has 0 amide bonds. The molecule has 2 aliphatic heterocycles. The minimum absolute atomic E-state index is 0.918. The van der Waals surface area contributed by atoms with Crippen LogP contribution in [0.25, 0.3) is 0 Å². The molecule has 2 heterocycles. The number of hydrogen-bond acceptors (Lipinski definition) is 3. The van der Waals surface area contributed by atoms with E-state index in [1.807, 2.05) is 0 Å². The summed E-state index contributed by atoms with van der Waals surface area (Å²) in [6.07, 6.45) is 8.52. The highest BCUT2D eigenvalue weighted by Crippen LogP contribution is 2.29. The molecule has 19 heavy (non-hydrogen) atoms. The molecule has 0 bridgehead atoms. The Labute approximate surface area is 119 Å². The monoisotopic (exact) mass is 267 g/mol. The fourth-order valence-electron chi connectivity index (χ4n) is 3.94. The first-order chi connectivity index (χ1) is 9.24. The lowest BCUT2D eigenvalue weighted by Gasteiger charge is -2.32. The number of rotatable bonds is 6. The molecule has 2 N–H and O–H groups in total. The van der Waals surface area contributed by atoms with E-state index in [-0.39, 0.29) is 0 Å². The fourth-order valence-corrected chi connectivity index (χ4v) is 3.94. The van der Waals surface area contributed by atoms with Crippen molar-refractivity contribution in [2.24, 2.45) is 17.8 Å². The van der Waals surface area contributed by atoms with Gasteiger partial charge in [-0.15, -0.1) is 0 Å². The zero-order valence-corrected chi connectivity index (χ0v) is 13.0. The number of piperidine rings is 2. The number of nitrogens with one attached hydrogen (secondary N) is 2. The normalized spacial score (nSPS) is 23.4. The lowest BCUT2D eigenvalue weighted by atomic mass is 9.80. The van der Waals surface area contributed by atoms with Crippen molar-refractivity contribution in [2.45, 2.75) is 38.5 Å². The molecule has 2 saturated heterocycles. The summed E-state index contributed by atoms with van der Waals surface area (Å²) >= 11 is 0. The second-order valence-corrected chi connectivity index (χ2v) is 6.99. The number of hydrogen-bond donors (Lipinski definition) is 2. The van der Waals surface area contributed by atoms with Crippen LogP contribution in [0, 0.1) is 17.8 Å². The van der Waals surface area contributed by atoms with E-state index in [1.165, 1.54) is 71.2 Å². The van der Waals surface area contributed by atoms with Gasteiger partial charge in [-0.05, 0) is 96.6 Å². The van der Waals surface area contributed by atoms with Crippen LogP contribution in [0.1, 0.15) is 38.5 Å². The van der Waals surface area contributed by atoms with Gasteiger partial charge in [-0.1, -0.05) is 0 Å². The van der Waals surface area contributed by atoms with Crippen LogP contribution in [0.5, 0.6) is 0 Å². The van der Waals surface area contributed by atoms with Crippen LogP contribution in [0.3, 0.4) is 0 Å². The van der Waals surface area contributed by atoms with Crippen molar-refractivity contribution in [3.05, 3.63) is 0 Å². The Morgan fingerprint density at radius 3 is 1.63 bits per heavy atom. The molecule has 0 radical (unpaired) electrons. The Balaban J connectivity index is 1.79. The molecule has 0 unspecified atom stereocenters.